The summed E-state index contributed by atoms with van der Waals surface area (Å²) in [6, 6.07) is -1.36. The van der Waals surface area contributed by atoms with Gasteiger partial charge in [-0.05, 0) is 58.4 Å². The lowest BCUT2D eigenvalue weighted by molar-refractivity contribution is -0.143. The van der Waals surface area contributed by atoms with Crippen molar-refractivity contribution in [2.75, 3.05) is 32.1 Å². The molecule has 0 bridgehead atoms. The van der Waals surface area contributed by atoms with E-state index in [9.17, 15) is 73.2 Å². The molecule has 398 valence electrons. The molecule has 0 spiro atoms. The van der Waals surface area contributed by atoms with E-state index in [4.69, 9.17) is 20.3 Å². The van der Waals surface area contributed by atoms with Crippen molar-refractivity contribution < 1.29 is 87.7 Å². The highest BCUT2D eigenvalue weighted by molar-refractivity contribution is 7.80. The van der Waals surface area contributed by atoms with Crippen LogP contribution in [0.5, 0.6) is 0 Å². The number of amides is 7. The number of urea groups is 1. The van der Waals surface area contributed by atoms with E-state index in [1.807, 2.05) is 19.2 Å². The summed E-state index contributed by atoms with van der Waals surface area (Å²) in [5.74, 6) is -11.4. The van der Waals surface area contributed by atoms with Gasteiger partial charge in [-0.25, -0.2) is 19.2 Å². The molecule has 0 aromatic heterocycles. The molecule has 0 aliphatic carbocycles. The minimum atomic E-state index is -1.71. The number of thiol groups is 1. The number of rotatable bonds is 36. The fraction of sp³-hybridized carbons (Fsp3) is 0.614. The molecule has 1 aromatic carbocycles. The number of carboxylic acid groups (broad SMARTS) is 5. The molecule has 0 aliphatic rings. The fourth-order valence-corrected chi connectivity index (χ4v) is 6.49. The van der Waals surface area contributed by atoms with Crippen LogP contribution in [0.4, 0.5) is 4.79 Å². The zero-order valence-corrected chi connectivity index (χ0v) is 40.9. The molecule has 26 nitrogen and oxygen atoms in total. The maximum Gasteiger partial charge on any atom is 0.327 e. The number of carbonyl (C=O) groups excluding carboxylic acids is 6. The zero-order valence-electron chi connectivity index (χ0n) is 40.0. The second-order valence-corrected chi connectivity index (χ2v) is 17.5. The monoisotopic (exact) mass is 1030 g/mol. The average molecular weight is 1030 g/mol. The maximum atomic E-state index is 13.5. The van der Waals surface area contributed by atoms with E-state index >= 15 is 0 Å². The van der Waals surface area contributed by atoms with Crippen LogP contribution < -0.4 is 43.0 Å². The molecular formula is C44H68N8O18S. The van der Waals surface area contributed by atoms with Crippen molar-refractivity contribution in [2.24, 2.45) is 5.73 Å². The lowest BCUT2D eigenvalue weighted by Crippen LogP contribution is -2.58. The van der Waals surface area contributed by atoms with Crippen molar-refractivity contribution in [2.45, 2.75) is 139 Å². The van der Waals surface area contributed by atoms with Gasteiger partial charge in [-0.3, -0.25) is 33.6 Å². The van der Waals surface area contributed by atoms with Crippen LogP contribution >= 0.6 is 12.6 Å². The van der Waals surface area contributed by atoms with Gasteiger partial charge in [0.2, 0.25) is 29.5 Å². The third-order valence-electron chi connectivity index (χ3n) is 10.8. The number of ether oxygens (including phenoxy) is 2. The van der Waals surface area contributed by atoms with Gasteiger partial charge in [0.25, 0.3) is 0 Å². The van der Waals surface area contributed by atoms with Crippen LogP contribution in [-0.2, 0) is 63.8 Å². The van der Waals surface area contributed by atoms with E-state index in [-0.39, 0.29) is 57.6 Å². The molecule has 14 N–H and O–H groups in total. The molecule has 0 saturated carbocycles. The minimum absolute atomic E-state index is 0.0517. The highest BCUT2D eigenvalue weighted by atomic mass is 32.1. The van der Waals surface area contributed by atoms with Gasteiger partial charge in [-0.1, -0.05) is 37.3 Å². The topological polar surface area (TPSA) is 418 Å². The van der Waals surface area contributed by atoms with Crippen LogP contribution in [0.15, 0.2) is 30.3 Å². The largest absolute Gasteiger partial charge is 0.481 e. The predicted octanol–water partition coefficient (Wildman–Crippen LogP) is -1.27. The Morgan fingerprint density at radius 3 is 1.73 bits per heavy atom. The van der Waals surface area contributed by atoms with E-state index in [0.717, 1.165) is 0 Å². The standard InChI is InChI=1S/C44H68N8O18S/c1-5-44(4,70-19-17-43(2,3)69-20-18-46-32(53)13-11-27(39(62)63)51-42(68)52-28(40(64)65)12-14-34(55)56)16-15-33(54)48-29(21-25-9-7-6-8-10-25)37(60)47-23-26(45)36(59)49-30(22-35(57)58)38(61)50-31(24-71)41(66)67/h6-10,26-31,71H,5,11-24,45H2,1-4H3,(H,46,53)(H,47,60)(H,48,54)(H,49,59)(H,50,61)(H,55,56)(H,57,58)(H,62,63)(H,64,65)(H,66,67)(H2,51,52,68)/t26-,27-,28-,29-,30-,31-,44?/m0/s1. The normalized spacial score (nSPS) is 14.6. The van der Waals surface area contributed by atoms with E-state index < -0.39 is 139 Å². The molecule has 7 amide bonds. The SMILES string of the molecule is CCC(C)(CCC(=O)N[C@@H](Cc1ccccc1)C(=O)NC[C@H](N)C(=O)N[C@@H](CC(=O)O)C(=O)N[C@@H](CS)C(=O)O)OCCC(C)(C)OCCNC(=O)CC[C@H](NC(=O)N[C@@H](CCC(=O)O)C(=O)O)C(=O)O. The van der Waals surface area contributed by atoms with Crippen LogP contribution in [-0.4, -0.2) is 170 Å². The summed E-state index contributed by atoms with van der Waals surface area (Å²) in [7, 11) is 0. The number of hydrogen-bond acceptors (Lipinski definition) is 15. The average Bonchev–Trinajstić information content (AvgIpc) is 3.29. The quantitative estimate of drug-likeness (QED) is 0.0275. The number of aliphatic carboxylic acids is 5. The Bertz CT molecular complexity index is 2000. The van der Waals surface area contributed by atoms with Crippen LogP contribution in [0.2, 0.25) is 0 Å². The first-order valence-corrected chi connectivity index (χ1v) is 23.2. The summed E-state index contributed by atoms with van der Waals surface area (Å²) >= 11 is 3.84. The Balaban J connectivity index is 2.72. The van der Waals surface area contributed by atoms with Gasteiger partial charge in [0.1, 0.15) is 36.3 Å². The number of carbonyl (C=O) groups is 11. The van der Waals surface area contributed by atoms with Gasteiger partial charge in [0, 0.05) is 44.5 Å². The van der Waals surface area contributed by atoms with Gasteiger partial charge in [0.15, 0.2) is 0 Å². The molecule has 1 unspecified atom stereocenters. The second kappa shape index (κ2) is 31.6. The van der Waals surface area contributed by atoms with Gasteiger partial charge in [-0.2, -0.15) is 12.6 Å². The van der Waals surface area contributed by atoms with E-state index in [1.165, 1.54) is 0 Å². The summed E-state index contributed by atoms with van der Waals surface area (Å²) in [6.07, 6.45) is -1.41. The zero-order chi connectivity index (χ0) is 53.9. The molecule has 0 fully saturated rings. The first-order valence-electron chi connectivity index (χ1n) is 22.5. The molecule has 7 atom stereocenters. The molecule has 0 heterocycles. The Morgan fingerprint density at radius 2 is 1.20 bits per heavy atom. The molecule has 27 heteroatoms. The van der Waals surface area contributed by atoms with E-state index in [2.05, 4.69) is 44.5 Å². The van der Waals surface area contributed by atoms with Crippen molar-refractivity contribution in [3.05, 3.63) is 35.9 Å². The summed E-state index contributed by atoms with van der Waals surface area (Å²) in [6.45, 7) is 7.14. The van der Waals surface area contributed by atoms with Crippen LogP contribution in [0, 0.1) is 0 Å². The van der Waals surface area contributed by atoms with Crippen molar-refractivity contribution in [1.82, 2.24) is 37.2 Å². The maximum absolute atomic E-state index is 13.5. The van der Waals surface area contributed by atoms with Gasteiger partial charge < -0.3 is 78.0 Å². The smallest absolute Gasteiger partial charge is 0.327 e. The lowest BCUT2D eigenvalue weighted by atomic mass is 9.95. The van der Waals surface area contributed by atoms with E-state index in [0.29, 0.717) is 18.4 Å². The summed E-state index contributed by atoms with van der Waals surface area (Å²) in [5, 5.41) is 62.1. The Labute approximate surface area is 415 Å². The van der Waals surface area contributed by atoms with Crippen molar-refractivity contribution in [3.63, 3.8) is 0 Å². The Hall–Kier alpha value is -6.58. The van der Waals surface area contributed by atoms with Gasteiger partial charge >= 0.3 is 35.9 Å². The number of nitrogens with two attached hydrogens (primary N) is 1. The van der Waals surface area contributed by atoms with Crippen molar-refractivity contribution in [3.8, 4) is 0 Å². The molecule has 71 heavy (non-hydrogen) atoms. The number of hydrogen-bond donors (Lipinski definition) is 14. The first kappa shape index (κ1) is 62.4. The molecule has 0 aliphatic heterocycles. The van der Waals surface area contributed by atoms with Crippen molar-refractivity contribution >= 4 is 78.0 Å². The predicted molar refractivity (Wildman–Crippen MR) is 253 cm³/mol. The number of benzene rings is 1. The minimum Gasteiger partial charge on any atom is -0.481 e. The third kappa shape index (κ3) is 26.3. The van der Waals surface area contributed by atoms with Crippen molar-refractivity contribution in [1.29, 1.82) is 0 Å². The lowest BCUT2D eigenvalue weighted by Gasteiger charge is -2.32. The summed E-state index contributed by atoms with van der Waals surface area (Å²) in [4.78, 5) is 133. The highest BCUT2D eigenvalue weighted by Gasteiger charge is 2.32. The molecule has 0 radical (unpaired) electrons. The number of nitrogens with one attached hydrogen (secondary N) is 7. The summed E-state index contributed by atoms with van der Waals surface area (Å²) < 4.78 is 12.1. The molecule has 0 saturated heterocycles. The van der Waals surface area contributed by atoms with Gasteiger partial charge in [0.05, 0.1) is 30.8 Å². The van der Waals surface area contributed by atoms with E-state index in [1.54, 1.807) is 44.2 Å². The van der Waals surface area contributed by atoms with Crippen LogP contribution in [0.1, 0.15) is 91.0 Å². The molecule has 1 rings (SSSR count). The fourth-order valence-electron chi connectivity index (χ4n) is 6.24. The summed E-state index contributed by atoms with van der Waals surface area (Å²) in [5.41, 5.74) is 5.15. The Kier molecular flexibility index (Phi) is 27.8. The van der Waals surface area contributed by atoms with Crippen LogP contribution in [0.3, 0.4) is 0 Å². The van der Waals surface area contributed by atoms with Gasteiger partial charge in [-0.15, -0.1) is 0 Å². The Morgan fingerprint density at radius 1 is 0.620 bits per heavy atom. The second-order valence-electron chi connectivity index (χ2n) is 17.1. The highest BCUT2D eigenvalue weighted by Crippen LogP contribution is 2.24. The third-order valence-corrected chi connectivity index (χ3v) is 11.2. The first-order chi connectivity index (χ1) is 33.2. The van der Waals surface area contributed by atoms with Crippen LogP contribution in [0.25, 0.3) is 0 Å². The number of carboxylic acids is 5. The molecular weight excluding hydrogens is 961 g/mol. The molecule has 1 aromatic rings.